The number of nitrogens with zero attached hydrogens (tertiary/aromatic N) is 1. The van der Waals surface area contributed by atoms with E-state index in [1.54, 1.807) is 24.3 Å². The van der Waals surface area contributed by atoms with Crippen molar-refractivity contribution in [1.82, 2.24) is 0 Å². The minimum Gasteiger partial charge on any atom is -0.493 e. The van der Waals surface area contributed by atoms with Gasteiger partial charge in [-0.1, -0.05) is 15.9 Å². The molecule has 2 aromatic rings. The van der Waals surface area contributed by atoms with Gasteiger partial charge in [0.05, 0.1) is 44.5 Å². The number of anilines is 2. The first-order chi connectivity index (χ1) is 14.1. The number of amides is 1. The molecule has 30 heavy (non-hydrogen) atoms. The number of ether oxygens (including phenoxy) is 3. The Morgan fingerprint density at radius 3 is 2.10 bits per heavy atom. The van der Waals surface area contributed by atoms with Gasteiger partial charge in [0.15, 0.2) is 11.5 Å². The molecule has 11 heteroatoms. The van der Waals surface area contributed by atoms with Crippen molar-refractivity contribution in [1.29, 1.82) is 0 Å². The van der Waals surface area contributed by atoms with E-state index in [4.69, 9.17) is 14.2 Å². The molecular weight excluding hydrogens is 480 g/mol. The number of rotatable bonds is 8. The van der Waals surface area contributed by atoms with Crippen molar-refractivity contribution in [3.8, 4) is 11.5 Å². The summed E-state index contributed by atoms with van der Waals surface area (Å²) in [5.41, 5.74) is 0.433. The zero-order valence-corrected chi connectivity index (χ0v) is 19.2. The van der Waals surface area contributed by atoms with Crippen LogP contribution < -0.4 is 19.1 Å². The van der Waals surface area contributed by atoms with E-state index in [1.165, 1.54) is 33.5 Å². The predicted octanol–water partition coefficient (Wildman–Crippen LogP) is 2.66. The Labute approximate surface area is 183 Å². The highest BCUT2D eigenvalue weighted by molar-refractivity contribution is 9.10. The van der Waals surface area contributed by atoms with Gasteiger partial charge in [0.25, 0.3) is 0 Å². The number of hydrogen-bond acceptors (Lipinski definition) is 7. The summed E-state index contributed by atoms with van der Waals surface area (Å²) in [6.45, 7) is -0.505. The van der Waals surface area contributed by atoms with Gasteiger partial charge in [0.2, 0.25) is 15.9 Å². The van der Waals surface area contributed by atoms with Gasteiger partial charge in [-0.3, -0.25) is 9.10 Å². The highest BCUT2D eigenvalue weighted by atomic mass is 79.9. The molecule has 2 rings (SSSR count). The molecule has 0 fully saturated rings. The highest BCUT2D eigenvalue weighted by Gasteiger charge is 2.23. The molecule has 162 valence electrons. The number of carbonyl (C=O) groups is 2. The Hall–Kier alpha value is -2.79. The average Bonchev–Trinajstić information content (AvgIpc) is 2.71. The number of nitrogens with one attached hydrogen (secondary N) is 1. The molecule has 0 aliphatic carbocycles. The second kappa shape index (κ2) is 9.81. The van der Waals surface area contributed by atoms with Crippen molar-refractivity contribution in [3.63, 3.8) is 0 Å². The Bertz CT molecular complexity index is 1040. The fraction of sp³-hybridized carbons (Fsp3) is 0.263. The Balaban J connectivity index is 2.37. The molecule has 0 aliphatic heterocycles. The summed E-state index contributed by atoms with van der Waals surface area (Å²) in [5.74, 6) is -0.836. The first-order valence-electron chi connectivity index (χ1n) is 8.48. The van der Waals surface area contributed by atoms with Crippen molar-refractivity contribution >= 4 is 49.2 Å². The van der Waals surface area contributed by atoms with Crippen LogP contribution in [0.2, 0.25) is 0 Å². The van der Waals surface area contributed by atoms with Crippen LogP contribution in [0.1, 0.15) is 10.4 Å². The van der Waals surface area contributed by atoms with Crippen molar-refractivity contribution in [3.05, 3.63) is 46.4 Å². The molecular formula is C19H21BrN2O7S. The van der Waals surface area contributed by atoms with Crippen LogP contribution in [0.15, 0.2) is 40.9 Å². The van der Waals surface area contributed by atoms with Gasteiger partial charge in [0.1, 0.15) is 6.54 Å². The molecule has 0 heterocycles. The van der Waals surface area contributed by atoms with Crippen LogP contribution in [0.5, 0.6) is 11.5 Å². The fourth-order valence-electron chi connectivity index (χ4n) is 2.59. The molecule has 9 nitrogen and oxygen atoms in total. The Morgan fingerprint density at radius 2 is 1.60 bits per heavy atom. The number of esters is 1. The quantitative estimate of drug-likeness (QED) is 0.554. The Kier molecular flexibility index (Phi) is 7.68. The minimum atomic E-state index is -3.75. The third-order valence-electron chi connectivity index (χ3n) is 4.01. The van der Waals surface area contributed by atoms with Crippen molar-refractivity contribution in [2.75, 3.05) is 43.8 Å². The largest absolute Gasteiger partial charge is 0.493 e. The van der Waals surface area contributed by atoms with Gasteiger partial charge in [-0.2, -0.15) is 0 Å². The molecule has 0 bridgehead atoms. The van der Waals surface area contributed by atoms with Crippen LogP contribution in [-0.2, 0) is 19.6 Å². The molecule has 0 spiro atoms. The van der Waals surface area contributed by atoms with Gasteiger partial charge < -0.3 is 19.5 Å². The lowest BCUT2D eigenvalue weighted by Gasteiger charge is -2.22. The maximum absolute atomic E-state index is 12.7. The van der Waals surface area contributed by atoms with E-state index < -0.39 is 28.4 Å². The fourth-order valence-corrected chi connectivity index (χ4v) is 3.71. The smallest absolute Gasteiger partial charge is 0.340 e. The normalized spacial score (nSPS) is 10.8. The van der Waals surface area contributed by atoms with Crippen LogP contribution in [0.4, 0.5) is 11.4 Å². The molecule has 0 aliphatic rings. The van der Waals surface area contributed by atoms with E-state index in [0.29, 0.717) is 5.69 Å². The molecule has 0 aromatic heterocycles. The van der Waals surface area contributed by atoms with E-state index in [1.807, 2.05) is 0 Å². The summed E-state index contributed by atoms with van der Waals surface area (Å²) in [6, 6.07) is 9.21. The number of methoxy groups -OCH3 is 3. The van der Waals surface area contributed by atoms with Crippen molar-refractivity contribution in [2.45, 2.75) is 0 Å². The SMILES string of the molecule is COC(=O)c1cc(OC)c(OC)cc1NC(=O)CN(c1ccc(Br)cc1)S(C)(=O)=O. The van der Waals surface area contributed by atoms with Crippen LogP contribution in [0, 0.1) is 0 Å². The zero-order chi connectivity index (χ0) is 22.5. The molecule has 1 N–H and O–H groups in total. The Morgan fingerprint density at radius 1 is 1.03 bits per heavy atom. The number of hydrogen-bond donors (Lipinski definition) is 1. The number of carbonyl (C=O) groups excluding carboxylic acids is 2. The van der Waals surface area contributed by atoms with Gasteiger partial charge in [-0.15, -0.1) is 0 Å². The lowest BCUT2D eigenvalue weighted by Crippen LogP contribution is -2.37. The summed E-state index contributed by atoms with van der Waals surface area (Å²) in [5, 5.41) is 2.54. The summed E-state index contributed by atoms with van der Waals surface area (Å²) >= 11 is 3.28. The molecule has 0 atom stereocenters. The molecule has 0 saturated heterocycles. The third kappa shape index (κ3) is 5.63. The third-order valence-corrected chi connectivity index (χ3v) is 5.67. The van der Waals surface area contributed by atoms with Gasteiger partial charge in [0, 0.05) is 16.6 Å². The van der Waals surface area contributed by atoms with Crippen LogP contribution in [-0.4, -0.2) is 54.4 Å². The van der Waals surface area contributed by atoms with Crippen molar-refractivity contribution < 1.29 is 32.2 Å². The number of halogens is 1. The zero-order valence-electron chi connectivity index (χ0n) is 16.8. The second-order valence-corrected chi connectivity index (χ2v) is 8.86. The molecule has 1 amide bonds. The first-order valence-corrected chi connectivity index (χ1v) is 11.1. The van der Waals surface area contributed by atoms with E-state index in [-0.39, 0.29) is 22.7 Å². The van der Waals surface area contributed by atoms with Gasteiger partial charge in [-0.25, -0.2) is 13.2 Å². The standard InChI is InChI=1S/C19H21BrN2O7S/c1-27-16-9-14(19(24)29-3)15(10-17(16)28-2)21-18(23)11-22(30(4,25)26)13-7-5-12(20)6-8-13/h5-10H,11H2,1-4H3,(H,21,23). The minimum absolute atomic E-state index is 0.0260. The number of sulfonamides is 1. The summed E-state index contributed by atoms with van der Waals surface area (Å²) in [6.07, 6.45) is 0.999. The maximum Gasteiger partial charge on any atom is 0.340 e. The first kappa shape index (κ1) is 23.5. The topological polar surface area (TPSA) is 111 Å². The lowest BCUT2D eigenvalue weighted by atomic mass is 10.1. The molecule has 0 radical (unpaired) electrons. The summed E-state index contributed by atoms with van der Waals surface area (Å²) in [4.78, 5) is 24.8. The molecule has 0 saturated carbocycles. The van der Waals surface area contributed by atoms with Gasteiger partial charge in [-0.05, 0) is 24.3 Å². The van der Waals surface area contributed by atoms with E-state index in [0.717, 1.165) is 15.0 Å². The average molecular weight is 501 g/mol. The number of benzene rings is 2. The molecule has 2 aromatic carbocycles. The van der Waals surface area contributed by atoms with Crippen molar-refractivity contribution in [2.24, 2.45) is 0 Å². The summed E-state index contributed by atoms with van der Waals surface area (Å²) in [7, 11) is 0.251. The monoisotopic (exact) mass is 500 g/mol. The van der Waals surface area contributed by atoms with E-state index in [9.17, 15) is 18.0 Å². The molecule has 0 unspecified atom stereocenters. The van der Waals surface area contributed by atoms with E-state index in [2.05, 4.69) is 21.2 Å². The summed E-state index contributed by atoms with van der Waals surface area (Å²) < 4.78 is 41.3. The van der Waals surface area contributed by atoms with Gasteiger partial charge >= 0.3 is 5.97 Å². The lowest BCUT2D eigenvalue weighted by molar-refractivity contribution is -0.114. The maximum atomic E-state index is 12.7. The highest BCUT2D eigenvalue weighted by Crippen LogP contribution is 2.34. The van der Waals surface area contributed by atoms with Crippen LogP contribution in [0.3, 0.4) is 0 Å². The second-order valence-electron chi connectivity index (χ2n) is 6.04. The van der Waals surface area contributed by atoms with Crippen LogP contribution in [0.25, 0.3) is 0 Å². The van der Waals surface area contributed by atoms with E-state index >= 15 is 0 Å². The van der Waals surface area contributed by atoms with Crippen LogP contribution >= 0.6 is 15.9 Å². The predicted molar refractivity (Wildman–Crippen MR) is 116 cm³/mol.